The number of benzene rings is 5. The Bertz CT molecular complexity index is 1780. The first kappa shape index (κ1) is 21.8. The second kappa shape index (κ2) is 8.39. The zero-order valence-electron chi connectivity index (χ0n) is 21.5. The minimum Gasteiger partial charge on any atom is -0.256 e. The molecule has 0 amide bonds. The van der Waals surface area contributed by atoms with Crippen LogP contribution in [0.5, 0.6) is 0 Å². The molecule has 1 saturated carbocycles. The summed E-state index contributed by atoms with van der Waals surface area (Å²) in [7, 11) is 0. The summed E-state index contributed by atoms with van der Waals surface area (Å²) in [6.07, 6.45) is 8.39. The van der Waals surface area contributed by atoms with E-state index in [-0.39, 0.29) is 5.41 Å². The molecule has 38 heavy (non-hydrogen) atoms. The molecule has 1 heterocycles. The van der Waals surface area contributed by atoms with Crippen LogP contribution in [0, 0.1) is 0 Å². The molecule has 2 aliphatic carbocycles. The zero-order valence-corrected chi connectivity index (χ0v) is 21.5. The van der Waals surface area contributed by atoms with Crippen LogP contribution in [0.1, 0.15) is 43.2 Å². The van der Waals surface area contributed by atoms with Crippen LogP contribution in [0.15, 0.2) is 115 Å². The van der Waals surface area contributed by atoms with E-state index in [9.17, 15) is 0 Å². The van der Waals surface area contributed by atoms with Gasteiger partial charge in [0.15, 0.2) is 0 Å². The van der Waals surface area contributed by atoms with Crippen molar-refractivity contribution in [2.75, 3.05) is 0 Å². The highest BCUT2D eigenvalue weighted by Gasteiger charge is 2.43. The Hall–Kier alpha value is -4.23. The third-order valence-electron chi connectivity index (χ3n) is 9.11. The molecule has 0 atom stereocenters. The monoisotopic (exact) mass is 487 g/mol. The summed E-state index contributed by atoms with van der Waals surface area (Å²) in [5.74, 6) is 0. The van der Waals surface area contributed by atoms with Crippen molar-refractivity contribution in [3.8, 4) is 33.4 Å². The van der Waals surface area contributed by atoms with Gasteiger partial charge in [-0.05, 0) is 74.7 Å². The summed E-state index contributed by atoms with van der Waals surface area (Å²) in [5.41, 5.74) is 12.2. The molecule has 182 valence electrons. The van der Waals surface area contributed by atoms with Crippen LogP contribution in [0.4, 0.5) is 0 Å². The second-order valence-electron chi connectivity index (χ2n) is 11.0. The third-order valence-corrected chi connectivity index (χ3v) is 9.11. The molecule has 0 bridgehead atoms. The molecule has 0 radical (unpaired) electrons. The maximum Gasteiger partial charge on any atom is 0.0792 e. The fraction of sp³-hybridized carbons (Fsp3) is 0.162. The lowest BCUT2D eigenvalue weighted by Gasteiger charge is -2.36. The van der Waals surface area contributed by atoms with Gasteiger partial charge >= 0.3 is 0 Å². The number of nitrogens with zero attached hydrogens (tertiary/aromatic N) is 1. The first-order valence-corrected chi connectivity index (χ1v) is 13.9. The zero-order chi connectivity index (χ0) is 25.1. The van der Waals surface area contributed by atoms with Crippen molar-refractivity contribution >= 4 is 21.7 Å². The molecule has 1 fully saturated rings. The number of rotatable bonds is 2. The average Bonchev–Trinajstić information content (AvgIpc) is 3.25. The highest BCUT2D eigenvalue weighted by atomic mass is 14.7. The van der Waals surface area contributed by atoms with E-state index in [1.165, 1.54) is 87.2 Å². The van der Waals surface area contributed by atoms with Crippen LogP contribution >= 0.6 is 0 Å². The lowest BCUT2D eigenvalue weighted by atomic mass is 9.67. The third kappa shape index (κ3) is 3.02. The first-order chi connectivity index (χ1) is 18.9. The largest absolute Gasteiger partial charge is 0.256 e. The van der Waals surface area contributed by atoms with Crippen LogP contribution in [0.3, 0.4) is 0 Å². The first-order valence-electron chi connectivity index (χ1n) is 13.9. The van der Waals surface area contributed by atoms with Gasteiger partial charge in [-0.15, -0.1) is 0 Å². The lowest BCUT2D eigenvalue weighted by molar-refractivity contribution is 0.353. The van der Waals surface area contributed by atoms with Gasteiger partial charge in [-0.2, -0.15) is 0 Å². The lowest BCUT2D eigenvalue weighted by Crippen LogP contribution is -2.28. The van der Waals surface area contributed by atoms with Crippen LogP contribution in [-0.4, -0.2) is 4.98 Å². The quantitative estimate of drug-likeness (QED) is 0.221. The minimum atomic E-state index is 0.147. The number of aromatic nitrogens is 1. The highest BCUT2D eigenvalue weighted by Crippen LogP contribution is 2.56. The molecular weight excluding hydrogens is 458 g/mol. The van der Waals surface area contributed by atoms with Gasteiger partial charge in [-0.25, -0.2) is 0 Å². The Morgan fingerprint density at radius 2 is 1.18 bits per heavy atom. The van der Waals surface area contributed by atoms with E-state index in [4.69, 9.17) is 4.98 Å². The summed E-state index contributed by atoms with van der Waals surface area (Å²) in [6, 6.07) is 40.4. The Balaban J connectivity index is 1.44. The van der Waals surface area contributed by atoms with Crippen molar-refractivity contribution in [3.05, 3.63) is 127 Å². The Labute approximate surface area is 223 Å². The molecule has 1 aromatic heterocycles. The van der Waals surface area contributed by atoms with E-state index in [1.54, 1.807) is 5.56 Å². The van der Waals surface area contributed by atoms with Crippen molar-refractivity contribution in [2.24, 2.45) is 0 Å². The fourth-order valence-corrected chi connectivity index (χ4v) is 7.51. The summed E-state index contributed by atoms with van der Waals surface area (Å²) in [4.78, 5) is 4.98. The summed E-state index contributed by atoms with van der Waals surface area (Å²) < 4.78 is 0. The van der Waals surface area contributed by atoms with Gasteiger partial charge in [0, 0.05) is 22.6 Å². The van der Waals surface area contributed by atoms with E-state index >= 15 is 0 Å². The molecule has 5 aromatic carbocycles. The summed E-state index contributed by atoms with van der Waals surface area (Å²) in [6.45, 7) is 0. The number of fused-ring (bicyclic) bond motifs is 7. The summed E-state index contributed by atoms with van der Waals surface area (Å²) in [5, 5.41) is 3.77. The molecule has 0 N–H and O–H groups in total. The predicted molar refractivity (Wildman–Crippen MR) is 159 cm³/mol. The van der Waals surface area contributed by atoms with Gasteiger partial charge in [0.1, 0.15) is 0 Å². The average molecular weight is 488 g/mol. The van der Waals surface area contributed by atoms with Gasteiger partial charge in [0.25, 0.3) is 0 Å². The standard InChI is InChI=1S/C37H29N/c1-3-12-25(13-4-1)35-30-16-6-5-15-29(30)34(31-17-11-23-38-36(31)35)26-19-20-28-27-14-7-8-18-32(27)37(33(28)24-26)21-9-2-10-22-37/h1,3-8,11-20,23-24H,2,9-10,21-22H2. The van der Waals surface area contributed by atoms with Gasteiger partial charge in [0.05, 0.1) is 5.52 Å². The van der Waals surface area contributed by atoms with Crippen LogP contribution in [0.2, 0.25) is 0 Å². The second-order valence-corrected chi connectivity index (χ2v) is 11.0. The highest BCUT2D eigenvalue weighted by molar-refractivity contribution is 6.20. The van der Waals surface area contributed by atoms with E-state index < -0.39 is 0 Å². The molecule has 8 rings (SSSR count). The van der Waals surface area contributed by atoms with Gasteiger partial charge in [-0.3, -0.25) is 4.98 Å². The molecule has 1 nitrogen and oxygen atoms in total. The normalized spacial score (nSPS) is 15.6. The number of hydrogen-bond donors (Lipinski definition) is 0. The smallest absolute Gasteiger partial charge is 0.0792 e. The van der Waals surface area contributed by atoms with Crippen molar-refractivity contribution in [1.82, 2.24) is 4.98 Å². The summed E-state index contributed by atoms with van der Waals surface area (Å²) >= 11 is 0. The topological polar surface area (TPSA) is 12.9 Å². The van der Waals surface area contributed by atoms with E-state index in [0.717, 1.165) is 5.52 Å². The molecule has 0 unspecified atom stereocenters. The minimum absolute atomic E-state index is 0.147. The van der Waals surface area contributed by atoms with Crippen molar-refractivity contribution in [3.63, 3.8) is 0 Å². The molecule has 0 saturated heterocycles. The Kier molecular flexibility index (Phi) is 4.82. The maximum atomic E-state index is 4.98. The van der Waals surface area contributed by atoms with Crippen LogP contribution < -0.4 is 0 Å². The van der Waals surface area contributed by atoms with Gasteiger partial charge in [-0.1, -0.05) is 116 Å². The molecule has 1 heteroatoms. The van der Waals surface area contributed by atoms with Gasteiger partial charge in [0.2, 0.25) is 0 Å². The van der Waals surface area contributed by atoms with E-state index in [0.29, 0.717) is 0 Å². The predicted octanol–water partition coefficient (Wildman–Crippen LogP) is 9.95. The van der Waals surface area contributed by atoms with E-state index in [1.807, 2.05) is 6.20 Å². The molecule has 2 aliphatic rings. The van der Waals surface area contributed by atoms with E-state index in [2.05, 4.69) is 109 Å². The SMILES string of the molecule is c1ccc(-c2c3ccccc3c(-c3ccc4c(c3)C3(CCCCC3)c3ccccc3-4)c3cccnc23)cc1. The van der Waals surface area contributed by atoms with Crippen molar-refractivity contribution < 1.29 is 0 Å². The fourth-order valence-electron chi connectivity index (χ4n) is 7.51. The Morgan fingerprint density at radius 3 is 2.03 bits per heavy atom. The van der Waals surface area contributed by atoms with Crippen LogP contribution in [0.25, 0.3) is 55.1 Å². The molecular formula is C37H29N. The molecule has 6 aromatic rings. The van der Waals surface area contributed by atoms with Crippen LogP contribution in [-0.2, 0) is 5.41 Å². The molecule has 1 spiro atoms. The number of hydrogen-bond acceptors (Lipinski definition) is 1. The van der Waals surface area contributed by atoms with Crippen molar-refractivity contribution in [1.29, 1.82) is 0 Å². The molecule has 0 aliphatic heterocycles. The number of pyridine rings is 1. The van der Waals surface area contributed by atoms with Crippen molar-refractivity contribution in [2.45, 2.75) is 37.5 Å². The Morgan fingerprint density at radius 1 is 0.500 bits per heavy atom. The maximum absolute atomic E-state index is 4.98. The van der Waals surface area contributed by atoms with Gasteiger partial charge < -0.3 is 0 Å².